The van der Waals surface area contributed by atoms with E-state index < -0.39 is 52.8 Å². The first kappa shape index (κ1) is 30.4. The van der Waals surface area contributed by atoms with Gasteiger partial charge in [-0.15, -0.1) is 0 Å². The van der Waals surface area contributed by atoms with Crippen molar-refractivity contribution in [2.24, 2.45) is 0 Å². The van der Waals surface area contributed by atoms with Gasteiger partial charge >= 0.3 is 59.1 Å². The van der Waals surface area contributed by atoms with E-state index in [0.717, 1.165) is 12.1 Å². The van der Waals surface area contributed by atoms with E-state index in [4.69, 9.17) is 5.73 Å². The summed E-state index contributed by atoms with van der Waals surface area (Å²) in [6.07, 6.45) is 0. The van der Waals surface area contributed by atoms with Crippen molar-refractivity contribution in [1.29, 1.82) is 0 Å². The van der Waals surface area contributed by atoms with Gasteiger partial charge in [0.25, 0.3) is 0 Å². The van der Waals surface area contributed by atoms with Gasteiger partial charge in [0.1, 0.15) is 20.2 Å². The Morgan fingerprint density at radius 3 is 1.74 bits per heavy atom. The summed E-state index contributed by atoms with van der Waals surface area (Å²) in [6.45, 7) is 0. The second kappa shape index (κ2) is 10.8. The molecule has 10 nitrogen and oxygen atoms in total. The molecule has 0 amide bonds. The predicted octanol–water partition coefficient (Wildman–Crippen LogP) is -3.24. The molecule has 182 valence electrons. The van der Waals surface area contributed by atoms with E-state index in [1.807, 2.05) is 0 Å². The van der Waals surface area contributed by atoms with Crippen LogP contribution in [0.5, 0.6) is 0 Å². The number of anilines is 3. The molecule has 0 radical (unpaired) electrons. The molecule has 0 unspecified atom stereocenters. The number of rotatable bonds is 4. The fraction of sp³-hybridized carbons (Fsp3) is 0. The van der Waals surface area contributed by atoms with Gasteiger partial charge in [0, 0.05) is 27.6 Å². The molecule has 0 saturated carbocycles. The molecular formula is C24H14N2Na2O8S2. The summed E-state index contributed by atoms with van der Waals surface area (Å²) in [4.78, 5) is 25.3. The van der Waals surface area contributed by atoms with Crippen molar-refractivity contribution in [2.45, 2.75) is 9.79 Å². The Labute approximate surface area is 261 Å². The molecule has 38 heavy (non-hydrogen) atoms. The van der Waals surface area contributed by atoms with Gasteiger partial charge in [0.05, 0.1) is 32.3 Å². The zero-order valence-electron chi connectivity index (χ0n) is 20.0. The summed E-state index contributed by atoms with van der Waals surface area (Å²) in [5, 5.41) is 3.17. The Morgan fingerprint density at radius 1 is 0.632 bits per heavy atom. The summed E-state index contributed by atoms with van der Waals surface area (Å²) in [5.41, 5.74) is 4.67. The zero-order valence-corrected chi connectivity index (χ0v) is 25.6. The number of carbonyl (C=O) groups excluding carboxylic acids is 2. The van der Waals surface area contributed by atoms with Gasteiger partial charge in [-0.25, -0.2) is 16.8 Å². The SMILES string of the molecule is Nc1c(S(=O)(=O)[O-])cc(Nc2cccc3c(S(=O)(=O)[O-])cccc23)c2c1C(=O)c1ccccc1C2=O.[Na+].[Na+]. The van der Waals surface area contributed by atoms with Gasteiger partial charge in [-0.05, 0) is 18.2 Å². The molecular weight excluding hydrogens is 554 g/mol. The number of benzene rings is 4. The van der Waals surface area contributed by atoms with Crippen molar-refractivity contribution in [3.8, 4) is 0 Å². The third-order valence-electron chi connectivity index (χ3n) is 5.89. The number of nitrogen functional groups attached to an aromatic ring is 1. The van der Waals surface area contributed by atoms with Crippen molar-refractivity contribution < 1.29 is 94.6 Å². The van der Waals surface area contributed by atoms with Gasteiger partial charge in [-0.3, -0.25) is 9.59 Å². The molecule has 1 aliphatic rings. The number of nitrogens with one attached hydrogen (secondary N) is 1. The standard InChI is InChI=1S/C24H16N2O8S2.2Na/c25-22-19(36(32,33)34)11-17(20-21(22)24(28)15-6-2-1-5-14(15)23(20)27)26-16-9-3-8-13-12(16)7-4-10-18(13)35(29,30)31;;/h1-11,26H,25H2,(H,29,30,31)(H,32,33,34);;/q;2*+1/p-2. The number of fused-ring (bicyclic) bond motifs is 3. The third-order valence-corrected chi connectivity index (χ3v) is 7.66. The molecule has 0 aliphatic heterocycles. The topological polar surface area (TPSA) is 187 Å². The second-order valence-electron chi connectivity index (χ2n) is 7.98. The summed E-state index contributed by atoms with van der Waals surface area (Å²) in [6, 6.07) is 15.1. The molecule has 4 aromatic rings. The molecule has 0 bridgehead atoms. The Bertz CT molecular complexity index is 1870. The average molecular weight is 568 g/mol. The molecule has 0 heterocycles. The molecule has 0 atom stereocenters. The summed E-state index contributed by atoms with van der Waals surface area (Å²) in [7, 11) is -10.00. The minimum absolute atomic E-state index is 0. The fourth-order valence-electron chi connectivity index (χ4n) is 4.35. The fourth-order valence-corrected chi connectivity index (χ4v) is 5.68. The van der Waals surface area contributed by atoms with E-state index in [1.165, 1.54) is 48.5 Å². The van der Waals surface area contributed by atoms with E-state index in [1.54, 1.807) is 6.07 Å². The maximum Gasteiger partial charge on any atom is 1.00 e. The summed E-state index contributed by atoms with van der Waals surface area (Å²) < 4.78 is 71.1. The van der Waals surface area contributed by atoms with Crippen molar-refractivity contribution in [2.75, 3.05) is 11.1 Å². The minimum atomic E-state index is -5.17. The molecule has 3 N–H and O–H groups in total. The largest absolute Gasteiger partial charge is 1.00 e. The van der Waals surface area contributed by atoms with Crippen molar-refractivity contribution >= 4 is 59.6 Å². The van der Waals surface area contributed by atoms with Crippen LogP contribution in [0, 0.1) is 0 Å². The number of nitrogens with two attached hydrogens (primary N) is 1. The number of hydrogen-bond donors (Lipinski definition) is 2. The van der Waals surface area contributed by atoms with E-state index in [9.17, 15) is 35.5 Å². The molecule has 0 spiro atoms. The Kier molecular flexibility index (Phi) is 8.66. The maximum absolute atomic E-state index is 13.4. The van der Waals surface area contributed by atoms with Crippen LogP contribution in [0.3, 0.4) is 0 Å². The van der Waals surface area contributed by atoms with Crippen LogP contribution in [0.2, 0.25) is 0 Å². The van der Waals surface area contributed by atoms with Crippen LogP contribution < -0.4 is 70.2 Å². The smallest absolute Gasteiger partial charge is 0.744 e. The van der Waals surface area contributed by atoms with Crippen LogP contribution in [0.15, 0.2) is 76.5 Å². The van der Waals surface area contributed by atoms with Gasteiger partial charge in [0.15, 0.2) is 11.6 Å². The Morgan fingerprint density at radius 2 is 1.16 bits per heavy atom. The first-order chi connectivity index (χ1) is 16.9. The first-order valence-electron chi connectivity index (χ1n) is 10.2. The normalized spacial score (nSPS) is 12.7. The van der Waals surface area contributed by atoms with Crippen LogP contribution in [0.25, 0.3) is 10.8 Å². The summed E-state index contributed by atoms with van der Waals surface area (Å²) >= 11 is 0. The van der Waals surface area contributed by atoms with Crippen molar-refractivity contribution in [3.63, 3.8) is 0 Å². The maximum atomic E-state index is 13.4. The second-order valence-corrected chi connectivity index (χ2v) is 10.7. The quantitative estimate of drug-likeness (QED) is 0.127. The van der Waals surface area contributed by atoms with Crippen LogP contribution in [0.1, 0.15) is 31.8 Å². The van der Waals surface area contributed by atoms with Gasteiger partial charge in [-0.2, -0.15) is 0 Å². The van der Waals surface area contributed by atoms with E-state index >= 15 is 0 Å². The molecule has 4 aromatic carbocycles. The molecule has 0 saturated heterocycles. The monoisotopic (exact) mass is 568 g/mol. The van der Waals surface area contributed by atoms with Gasteiger partial charge in [0.2, 0.25) is 0 Å². The van der Waals surface area contributed by atoms with E-state index in [0.29, 0.717) is 0 Å². The minimum Gasteiger partial charge on any atom is -0.744 e. The third kappa shape index (κ3) is 5.09. The Balaban J connectivity index is 0.00000200. The molecule has 0 fully saturated rings. The van der Waals surface area contributed by atoms with Crippen LogP contribution >= 0.6 is 0 Å². The summed E-state index contributed by atoms with van der Waals surface area (Å²) in [5.74, 6) is -1.36. The first-order valence-corrected chi connectivity index (χ1v) is 13.1. The van der Waals surface area contributed by atoms with Crippen LogP contribution in [0.4, 0.5) is 17.1 Å². The number of carbonyl (C=O) groups is 2. The van der Waals surface area contributed by atoms with Gasteiger partial charge < -0.3 is 20.2 Å². The molecule has 14 heteroatoms. The zero-order chi connectivity index (χ0) is 26.0. The van der Waals surface area contributed by atoms with Crippen LogP contribution in [-0.2, 0) is 20.2 Å². The van der Waals surface area contributed by atoms with Crippen LogP contribution in [-0.4, -0.2) is 37.5 Å². The molecule has 0 aromatic heterocycles. The molecule has 1 aliphatic carbocycles. The van der Waals surface area contributed by atoms with Gasteiger partial charge in [-0.1, -0.05) is 48.5 Å². The van der Waals surface area contributed by atoms with E-state index in [-0.39, 0.29) is 98.0 Å². The average Bonchev–Trinajstić information content (AvgIpc) is 2.81. The van der Waals surface area contributed by atoms with Crippen molar-refractivity contribution in [3.05, 3.63) is 89.0 Å². The predicted molar refractivity (Wildman–Crippen MR) is 127 cm³/mol. The number of hydrogen-bond acceptors (Lipinski definition) is 10. The van der Waals surface area contributed by atoms with E-state index in [2.05, 4.69) is 5.32 Å². The molecule has 5 rings (SSSR count). The number of ketones is 2. The van der Waals surface area contributed by atoms with Crippen molar-refractivity contribution in [1.82, 2.24) is 0 Å². The Hall–Kier alpha value is -2.10.